The quantitative estimate of drug-likeness (QED) is 0.251. The van der Waals surface area contributed by atoms with E-state index >= 15 is 0 Å². The second kappa shape index (κ2) is 14.1. The normalized spacial score (nSPS) is 15.7. The smallest absolute Gasteiger partial charge is 0.303 e. The number of carbonyl (C=O) groups is 2. The largest absolute Gasteiger partial charge is 0.492 e. The number of likely N-dealkylation sites (tertiary alicyclic amines) is 1. The van der Waals surface area contributed by atoms with E-state index in [9.17, 15) is 14.0 Å². The van der Waals surface area contributed by atoms with Crippen LogP contribution >= 0.6 is 35.3 Å². The molecule has 1 amide bonds. The molecule has 0 spiro atoms. The standard InChI is InChI=1S/C30H34ClFN4O4S.ClH/c1-18-13-22(14-19(2)27(18)40-12-11-35-9-7-20(8-10-35)15-26(37)38)28-33-34-30(41-28)36(17-21-3-4-21)29(39)24-6-5-23(32)16-25(24)31;/h5-6,13-14,16,20-21H,3-4,7-12,15,17H2,1-2H3,(H,37,38);1H. The zero-order valence-corrected chi connectivity index (χ0v) is 26.0. The van der Waals surface area contributed by atoms with Crippen molar-refractivity contribution in [2.45, 2.75) is 46.0 Å². The second-order valence-corrected chi connectivity index (χ2v) is 12.4. The lowest BCUT2D eigenvalue weighted by atomic mass is 9.94. The Balaban J connectivity index is 0.00000405. The fraction of sp³-hybridized carbons (Fsp3) is 0.467. The molecule has 42 heavy (non-hydrogen) atoms. The lowest BCUT2D eigenvalue weighted by Gasteiger charge is -2.31. The molecule has 0 radical (unpaired) electrons. The summed E-state index contributed by atoms with van der Waals surface area (Å²) in [5.41, 5.74) is 3.11. The number of piperidine rings is 1. The third-order valence-electron chi connectivity index (χ3n) is 7.72. The van der Waals surface area contributed by atoms with Crippen LogP contribution in [0.15, 0.2) is 30.3 Å². The Morgan fingerprint density at radius 2 is 1.79 bits per heavy atom. The van der Waals surface area contributed by atoms with Gasteiger partial charge in [0, 0.05) is 25.1 Å². The van der Waals surface area contributed by atoms with E-state index in [1.165, 1.54) is 23.5 Å². The average Bonchev–Trinajstić information content (AvgIpc) is 3.62. The van der Waals surface area contributed by atoms with Crippen LogP contribution in [0.4, 0.5) is 9.52 Å². The molecule has 1 aromatic heterocycles. The van der Waals surface area contributed by atoms with Crippen LogP contribution in [0.1, 0.15) is 53.6 Å². The molecule has 1 saturated heterocycles. The van der Waals surface area contributed by atoms with Crippen LogP contribution < -0.4 is 9.64 Å². The molecule has 1 N–H and O–H groups in total. The van der Waals surface area contributed by atoms with Crippen molar-refractivity contribution in [3.8, 4) is 16.3 Å². The summed E-state index contributed by atoms with van der Waals surface area (Å²) < 4.78 is 19.8. The predicted molar refractivity (Wildman–Crippen MR) is 165 cm³/mol. The van der Waals surface area contributed by atoms with Gasteiger partial charge in [-0.2, -0.15) is 0 Å². The second-order valence-electron chi connectivity index (χ2n) is 11.0. The van der Waals surface area contributed by atoms with Crippen LogP contribution in [-0.2, 0) is 4.79 Å². The van der Waals surface area contributed by atoms with Gasteiger partial charge in [-0.05, 0) is 106 Å². The van der Waals surface area contributed by atoms with Gasteiger partial charge in [0.25, 0.3) is 5.91 Å². The predicted octanol–water partition coefficient (Wildman–Crippen LogP) is 6.66. The number of benzene rings is 2. The molecule has 3 aromatic rings. The highest BCUT2D eigenvalue weighted by molar-refractivity contribution is 7.18. The molecule has 0 bridgehead atoms. The maximum atomic E-state index is 13.6. The SMILES string of the molecule is Cc1cc(-c2nnc(N(CC3CC3)C(=O)c3ccc(F)cc3Cl)s2)cc(C)c1OCCN1CCC(CC(=O)O)CC1.Cl. The molecule has 0 unspecified atom stereocenters. The first-order chi connectivity index (χ1) is 19.7. The average molecular weight is 638 g/mol. The number of aliphatic carboxylic acids is 1. The summed E-state index contributed by atoms with van der Waals surface area (Å²) in [5, 5.41) is 19.0. The Morgan fingerprint density at radius 3 is 2.40 bits per heavy atom. The maximum Gasteiger partial charge on any atom is 0.303 e. The van der Waals surface area contributed by atoms with Crippen molar-refractivity contribution in [3.05, 3.63) is 57.9 Å². The van der Waals surface area contributed by atoms with Crippen LogP contribution in [-0.4, -0.2) is 64.9 Å². The van der Waals surface area contributed by atoms with E-state index < -0.39 is 11.8 Å². The maximum absolute atomic E-state index is 13.6. The van der Waals surface area contributed by atoms with Gasteiger partial charge in [-0.1, -0.05) is 22.9 Å². The zero-order chi connectivity index (χ0) is 29.1. The zero-order valence-electron chi connectivity index (χ0n) is 23.6. The molecule has 2 aliphatic rings. The van der Waals surface area contributed by atoms with Crippen LogP contribution in [0.5, 0.6) is 5.75 Å². The van der Waals surface area contributed by atoms with E-state index in [0.29, 0.717) is 29.2 Å². The van der Waals surface area contributed by atoms with Gasteiger partial charge in [-0.25, -0.2) is 4.39 Å². The molecule has 1 aliphatic carbocycles. The fourth-order valence-corrected chi connectivity index (χ4v) is 6.38. The third-order valence-corrected chi connectivity index (χ3v) is 9.03. The first-order valence-corrected chi connectivity index (χ1v) is 15.2. The molecular weight excluding hydrogens is 602 g/mol. The molecule has 2 aromatic carbocycles. The Hall–Kier alpha value is -2.79. The van der Waals surface area contributed by atoms with E-state index in [2.05, 4.69) is 15.1 Å². The van der Waals surface area contributed by atoms with E-state index in [0.717, 1.165) is 73.8 Å². The molecule has 5 rings (SSSR count). The molecular formula is C30H35Cl2FN4O4S. The van der Waals surface area contributed by atoms with E-state index in [1.807, 2.05) is 26.0 Å². The number of hydrogen-bond acceptors (Lipinski definition) is 7. The summed E-state index contributed by atoms with van der Waals surface area (Å²) in [4.78, 5) is 28.3. The number of carboxylic acid groups (broad SMARTS) is 1. The van der Waals surface area contributed by atoms with Crippen LogP contribution in [0.25, 0.3) is 10.6 Å². The Kier molecular flexibility index (Phi) is 10.8. The van der Waals surface area contributed by atoms with Crippen molar-refractivity contribution >= 4 is 52.4 Å². The van der Waals surface area contributed by atoms with Crippen molar-refractivity contribution in [2.24, 2.45) is 11.8 Å². The summed E-state index contributed by atoms with van der Waals surface area (Å²) in [6.07, 6.45) is 4.17. The molecule has 1 aliphatic heterocycles. The summed E-state index contributed by atoms with van der Waals surface area (Å²) in [6, 6.07) is 7.84. The Labute approximate surface area is 260 Å². The number of carboxylic acids is 1. The highest BCUT2D eigenvalue weighted by Gasteiger charge is 2.31. The third kappa shape index (κ3) is 7.98. The fourth-order valence-electron chi connectivity index (χ4n) is 5.30. The number of aromatic nitrogens is 2. The Morgan fingerprint density at radius 1 is 1.10 bits per heavy atom. The number of ether oxygens (including phenoxy) is 1. The van der Waals surface area contributed by atoms with Gasteiger partial charge in [0.2, 0.25) is 5.13 Å². The molecule has 226 valence electrons. The molecule has 2 fully saturated rings. The highest BCUT2D eigenvalue weighted by Crippen LogP contribution is 2.37. The summed E-state index contributed by atoms with van der Waals surface area (Å²) in [5.74, 6) is -0.00787. The van der Waals surface area contributed by atoms with Gasteiger partial charge in [0.15, 0.2) is 0 Å². The molecule has 8 nitrogen and oxygen atoms in total. The highest BCUT2D eigenvalue weighted by atomic mass is 35.5. The summed E-state index contributed by atoms with van der Waals surface area (Å²) in [6.45, 7) is 7.66. The van der Waals surface area contributed by atoms with Gasteiger partial charge in [0.1, 0.15) is 23.2 Å². The minimum atomic E-state index is -0.718. The summed E-state index contributed by atoms with van der Waals surface area (Å²) >= 11 is 7.55. The topological polar surface area (TPSA) is 95.9 Å². The van der Waals surface area contributed by atoms with E-state index in [4.69, 9.17) is 21.4 Å². The molecule has 2 heterocycles. The number of hydrogen-bond donors (Lipinski definition) is 1. The number of amides is 1. The lowest BCUT2D eigenvalue weighted by molar-refractivity contribution is -0.138. The van der Waals surface area contributed by atoms with Crippen molar-refractivity contribution in [3.63, 3.8) is 0 Å². The van der Waals surface area contributed by atoms with Gasteiger partial charge in [-0.3, -0.25) is 19.4 Å². The first-order valence-electron chi connectivity index (χ1n) is 14.0. The van der Waals surface area contributed by atoms with Crippen molar-refractivity contribution in [1.29, 1.82) is 0 Å². The van der Waals surface area contributed by atoms with E-state index in [-0.39, 0.29) is 41.2 Å². The van der Waals surface area contributed by atoms with E-state index in [1.54, 1.807) is 4.90 Å². The molecule has 12 heteroatoms. The van der Waals surface area contributed by atoms with Gasteiger partial charge in [0.05, 0.1) is 10.6 Å². The number of rotatable bonds is 11. The number of nitrogens with zero attached hydrogens (tertiary/aromatic N) is 4. The summed E-state index contributed by atoms with van der Waals surface area (Å²) in [7, 11) is 0. The number of aryl methyl sites for hydroxylation is 2. The molecule has 0 atom stereocenters. The first kappa shape index (κ1) is 32.1. The Bertz CT molecular complexity index is 1400. The van der Waals surface area contributed by atoms with Gasteiger partial charge < -0.3 is 9.84 Å². The lowest BCUT2D eigenvalue weighted by Crippen LogP contribution is -2.37. The molecule has 1 saturated carbocycles. The number of halogens is 3. The van der Waals surface area contributed by atoms with Crippen molar-refractivity contribution < 1.29 is 23.8 Å². The number of carbonyl (C=O) groups excluding carboxylic acids is 1. The van der Waals surface area contributed by atoms with Crippen LogP contribution in [0.3, 0.4) is 0 Å². The van der Waals surface area contributed by atoms with Crippen molar-refractivity contribution in [1.82, 2.24) is 15.1 Å². The monoisotopic (exact) mass is 636 g/mol. The number of anilines is 1. The minimum Gasteiger partial charge on any atom is -0.492 e. The van der Waals surface area contributed by atoms with Crippen molar-refractivity contribution in [2.75, 3.05) is 37.7 Å². The van der Waals surface area contributed by atoms with Gasteiger partial charge >= 0.3 is 5.97 Å². The van der Waals surface area contributed by atoms with Crippen LogP contribution in [0.2, 0.25) is 5.02 Å². The minimum absolute atomic E-state index is 0. The van der Waals surface area contributed by atoms with Gasteiger partial charge in [-0.15, -0.1) is 22.6 Å². The van der Waals surface area contributed by atoms with Crippen LogP contribution in [0, 0.1) is 31.5 Å².